The van der Waals surface area contributed by atoms with Gasteiger partial charge in [-0.3, -0.25) is 9.59 Å². The van der Waals surface area contributed by atoms with E-state index in [1.807, 2.05) is 29.2 Å². The maximum absolute atomic E-state index is 13.1. The van der Waals surface area contributed by atoms with Crippen LogP contribution in [0.2, 0.25) is 0 Å². The van der Waals surface area contributed by atoms with Gasteiger partial charge < -0.3 is 15.1 Å². The number of nitrogens with zero attached hydrogens (tertiary/aromatic N) is 2. The number of hydrogen-bond donors (Lipinski definition) is 1. The Hall–Kier alpha value is -1.53. The lowest BCUT2D eigenvalue weighted by atomic mass is 9.53. The van der Waals surface area contributed by atoms with E-state index in [4.69, 9.17) is 0 Å². The molecule has 4 saturated carbocycles. The van der Waals surface area contributed by atoms with Crippen LogP contribution in [0.15, 0.2) is 29.2 Å². The third-order valence-corrected chi connectivity index (χ3v) is 8.78. The van der Waals surface area contributed by atoms with Gasteiger partial charge >= 0.3 is 0 Å². The number of thioether (sulfide) groups is 1. The van der Waals surface area contributed by atoms with E-state index < -0.39 is 0 Å². The third kappa shape index (κ3) is 4.13. The van der Waals surface area contributed by atoms with Crippen LogP contribution >= 0.6 is 11.8 Å². The van der Waals surface area contributed by atoms with E-state index in [0.29, 0.717) is 5.75 Å². The molecule has 2 amide bonds. The van der Waals surface area contributed by atoms with Gasteiger partial charge in [-0.05, 0) is 75.5 Å². The van der Waals surface area contributed by atoms with Crippen molar-refractivity contribution in [3.63, 3.8) is 0 Å². The topological polar surface area (TPSA) is 52.7 Å². The van der Waals surface area contributed by atoms with Crippen LogP contribution in [0.5, 0.6) is 0 Å². The van der Waals surface area contributed by atoms with Crippen molar-refractivity contribution < 1.29 is 9.59 Å². The summed E-state index contributed by atoms with van der Waals surface area (Å²) in [6.07, 6.45) is 7.67. The minimum atomic E-state index is 0.0571. The molecule has 0 aromatic heterocycles. The number of benzene rings is 1. The normalized spacial score (nSPS) is 33.0. The molecule has 5 fully saturated rings. The molecule has 4 bridgehead atoms. The van der Waals surface area contributed by atoms with Gasteiger partial charge in [0.25, 0.3) is 5.91 Å². The number of amides is 2. The highest BCUT2D eigenvalue weighted by Crippen LogP contribution is 2.55. The smallest absolute Gasteiger partial charge is 0.255 e. The lowest BCUT2D eigenvalue weighted by Crippen LogP contribution is -2.60. The number of carbonyl (C=O) groups excluding carboxylic acids is 2. The molecule has 4 aliphatic carbocycles. The molecule has 1 aromatic carbocycles. The second-order valence-corrected chi connectivity index (χ2v) is 11.1. The minimum absolute atomic E-state index is 0.0571. The van der Waals surface area contributed by atoms with Crippen molar-refractivity contribution >= 4 is 23.6 Å². The molecule has 30 heavy (non-hydrogen) atoms. The molecule has 1 N–H and O–H groups in total. The first kappa shape index (κ1) is 20.4. The van der Waals surface area contributed by atoms with Crippen molar-refractivity contribution in [3.8, 4) is 0 Å². The van der Waals surface area contributed by atoms with Crippen molar-refractivity contribution in [2.75, 3.05) is 39.0 Å². The van der Waals surface area contributed by atoms with Gasteiger partial charge in [0, 0.05) is 36.6 Å². The minimum Gasteiger partial charge on any atom is -0.350 e. The monoisotopic (exact) mass is 427 g/mol. The van der Waals surface area contributed by atoms with E-state index >= 15 is 0 Å². The van der Waals surface area contributed by atoms with Crippen molar-refractivity contribution in [2.45, 2.75) is 49.0 Å². The predicted molar refractivity (Wildman–Crippen MR) is 120 cm³/mol. The van der Waals surface area contributed by atoms with Crippen LogP contribution in [-0.2, 0) is 4.79 Å². The molecule has 0 atom stereocenters. The van der Waals surface area contributed by atoms with Crippen LogP contribution in [-0.4, -0.2) is 66.1 Å². The summed E-state index contributed by atoms with van der Waals surface area (Å²) in [5.74, 6) is 3.08. The Morgan fingerprint density at radius 2 is 1.60 bits per heavy atom. The van der Waals surface area contributed by atoms with Gasteiger partial charge in [0.05, 0.1) is 11.3 Å². The largest absolute Gasteiger partial charge is 0.350 e. The van der Waals surface area contributed by atoms with Crippen LogP contribution < -0.4 is 5.32 Å². The van der Waals surface area contributed by atoms with E-state index in [0.717, 1.165) is 54.4 Å². The Balaban J connectivity index is 1.21. The standard InChI is InChI=1S/C24H33N3O2S/c1-26-6-8-27(9-7-26)23(29)20-4-2-3-5-21(20)30-16-22(28)25-24-13-17-10-18(14-24)12-19(11-17)15-24/h2-5,17-19H,6-16H2,1H3,(H,25,28). The highest BCUT2D eigenvalue weighted by atomic mass is 32.2. The summed E-state index contributed by atoms with van der Waals surface area (Å²) in [6, 6.07) is 7.76. The van der Waals surface area contributed by atoms with E-state index in [9.17, 15) is 9.59 Å². The van der Waals surface area contributed by atoms with Crippen LogP contribution in [0.25, 0.3) is 0 Å². The maximum atomic E-state index is 13.1. The van der Waals surface area contributed by atoms with Crippen molar-refractivity contribution in [3.05, 3.63) is 29.8 Å². The van der Waals surface area contributed by atoms with Crippen LogP contribution in [0.3, 0.4) is 0 Å². The predicted octanol–water partition coefficient (Wildman–Crippen LogP) is 3.25. The van der Waals surface area contributed by atoms with E-state index in [1.165, 1.54) is 50.3 Å². The van der Waals surface area contributed by atoms with Gasteiger partial charge in [0.1, 0.15) is 0 Å². The summed E-state index contributed by atoms with van der Waals surface area (Å²) < 4.78 is 0. The van der Waals surface area contributed by atoms with Gasteiger partial charge in [-0.2, -0.15) is 0 Å². The summed E-state index contributed by atoms with van der Waals surface area (Å²) in [4.78, 5) is 31.1. The third-order valence-electron chi connectivity index (χ3n) is 7.71. The zero-order chi connectivity index (χ0) is 20.7. The second kappa shape index (κ2) is 8.19. The first-order valence-corrected chi connectivity index (χ1v) is 12.5. The van der Waals surface area contributed by atoms with Crippen molar-refractivity contribution in [1.82, 2.24) is 15.1 Å². The fourth-order valence-corrected chi connectivity index (χ4v) is 7.53. The molecule has 0 unspecified atom stereocenters. The SMILES string of the molecule is CN1CCN(C(=O)c2ccccc2SCC(=O)NC23CC4CC(CC(C4)C2)C3)CC1. The summed E-state index contributed by atoms with van der Waals surface area (Å²) in [6.45, 7) is 3.35. The van der Waals surface area contributed by atoms with Crippen LogP contribution in [0.1, 0.15) is 48.9 Å². The Morgan fingerprint density at radius 3 is 2.23 bits per heavy atom. The van der Waals surface area contributed by atoms with Gasteiger partial charge in [-0.1, -0.05) is 12.1 Å². The number of nitrogens with one attached hydrogen (secondary N) is 1. The molecule has 162 valence electrons. The van der Waals surface area contributed by atoms with Gasteiger partial charge in [-0.15, -0.1) is 11.8 Å². The summed E-state index contributed by atoms with van der Waals surface area (Å²) in [7, 11) is 2.09. The Labute approximate surface area is 183 Å². The number of carbonyl (C=O) groups is 2. The maximum Gasteiger partial charge on any atom is 0.255 e. The van der Waals surface area contributed by atoms with E-state index in [2.05, 4.69) is 17.3 Å². The molecule has 0 spiro atoms. The van der Waals surface area contributed by atoms with Crippen LogP contribution in [0, 0.1) is 17.8 Å². The molecule has 6 rings (SSSR count). The van der Waals surface area contributed by atoms with Gasteiger partial charge in [-0.25, -0.2) is 0 Å². The highest BCUT2D eigenvalue weighted by molar-refractivity contribution is 8.00. The highest BCUT2D eigenvalue weighted by Gasteiger charge is 2.51. The average Bonchev–Trinajstić information content (AvgIpc) is 2.71. The summed E-state index contributed by atoms with van der Waals surface area (Å²) in [5.41, 5.74) is 0.788. The number of piperazine rings is 1. The quantitative estimate of drug-likeness (QED) is 0.733. The Kier molecular flexibility index (Phi) is 5.56. The number of hydrogen-bond acceptors (Lipinski definition) is 4. The van der Waals surface area contributed by atoms with Crippen molar-refractivity contribution in [2.24, 2.45) is 17.8 Å². The fraction of sp³-hybridized carbons (Fsp3) is 0.667. The fourth-order valence-electron chi connectivity index (χ4n) is 6.69. The Morgan fingerprint density at radius 1 is 1.00 bits per heavy atom. The summed E-state index contributed by atoms with van der Waals surface area (Å²) >= 11 is 1.51. The first-order chi connectivity index (χ1) is 14.5. The molecule has 5 nitrogen and oxygen atoms in total. The van der Waals surface area contributed by atoms with Crippen LogP contribution in [0.4, 0.5) is 0 Å². The van der Waals surface area contributed by atoms with Gasteiger partial charge in [0.2, 0.25) is 5.91 Å². The molecular weight excluding hydrogens is 394 g/mol. The van der Waals surface area contributed by atoms with E-state index in [1.54, 1.807) is 0 Å². The second-order valence-electron chi connectivity index (χ2n) is 10.1. The van der Waals surface area contributed by atoms with E-state index in [-0.39, 0.29) is 17.4 Å². The zero-order valence-corrected chi connectivity index (χ0v) is 18.8. The number of rotatable bonds is 5. The Bertz CT molecular complexity index is 783. The number of likely N-dealkylation sites (N-methyl/N-ethyl adjacent to an activating group) is 1. The molecule has 1 aliphatic heterocycles. The molecule has 1 heterocycles. The molecule has 5 aliphatic rings. The zero-order valence-electron chi connectivity index (χ0n) is 17.9. The average molecular weight is 428 g/mol. The first-order valence-electron chi connectivity index (χ1n) is 11.5. The van der Waals surface area contributed by atoms with Crippen molar-refractivity contribution in [1.29, 1.82) is 0 Å². The summed E-state index contributed by atoms with van der Waals surface area (Å²) in [5, 5.41) is 3.45. The molecule has 6 heteroatoms. The molecule has 1 aromatic rings. The molecular formula is C24H33N3O2S. The lowest BCUT2D eigenvalue weighted by Gasteiger charge is -2.56. The molecule has 0 radical (unpaired) electrons. The molecule has 1 saturated heterocycles. The van der Waals surface area contributed by atoms with Gasteiger partial charge in [0.15, 0.2) is 0 Å². The lowest BCUT2D eigenvalue weighted by molar-refractivity contribution is -0.124.